The summed E-state index contributed by atoms with van der Waals surface area (Å²) in [7, 11) is 0. The Labute approximate surface area is 196 Å². The second kappa shape index (κ2) is 9.51. The fourth-order valence-corrected chi connectivity index (χ4v) is 3.59. The maximum atomic E-state index is 13.5. The Morgan fingerprint density at radius 3 is 2.50 bits per heavy atom. The molecule has 6 nitrogen and oxygen atoms in total. The number of nitrogens with one attached hydrogen (secondary N) is 1. The third kappa shape index (κ3) is 4.76. The number of aryl methyl sites for hydroxylation is 2. The Balaban J connectivity index is 1.80. The third-order valence-electron chi connectivity index (χ3n) is 5.34. The van der Waals surface area contributed by atoms with E-state index in [4.69, 9.17) is 10.00 Å². The van der Waals surface area contributed by atoms with E-state index >= 15 is 0 Å². The molecule has 0 bridgehead atoms. The molecule has 2 heterocycles. The Morgan fingerprint density at radius 1 is 1.06 bits per heavy atom. The molecule has 168 valence electrons. The molecule has 0 fully saturated rings. The minimum Gasteiger partial charge on any atom is -0.436 e. The van der Waals surface area contributed by atoms with Gasteiger partial charge in [0, 0.05) is 17.4 Å². The summed E-state index contributed by atoms with van der Waals surface area (Å²) < 4.78 is 19.4. The molecule has 0 aliphatic carbocycles. The molecule has 0 aliphatic rings. The highest BCUT2D eigenvalue weighted by Gasteiger charge is 2.22. The molecule has 2 aromatic heterocycles. The van der Waals surface area contributed by atoms with Gasteiger partial charge in [-0.3, -0.25) is 4.79 Å². The van der Waals surface area contributed by atoms with Crippen LogP contribution in [0, 0.1) is 38.1 Å². The number of ether oxygens (including phenoxy) is 1. The highest BCUT2D eigenvalue weighted by atomic mass is 19.1. The standard InChI is InChI=1S/C27H21FN4O2/c1-16-5-4-6-21(13-16)32-26(33)25-17(2)22(20-9-7-19(14-29)8-10-20)15-30-27(25)34-23-11-12-24(28)31-18(23)3/h4-13,15H,1-3H3,(H,32,33). The van der Waals surface area contributed by atoms with Gasteiger partial charge in [0.25, 0.3) is 5.91 Å². The van der Waals surface area contributed by atoms with Crippen molar-refractivity contribution in [1.82, 2.24) is 9.97 Å². The number of anilines is 1. The molecule has 7 heteroatoms. The van der Waals surface area contributed by atoms with Crippen molar-refractivity contribution in [3.05, 3.63) is 101 Å². The molecule has 0 radical (unpaired) electrons. The number of pyridine rings is 2. The average Bonchev–Trinajstić information content (AvgIpc) is 2.81. The summed E-state index contributed by atoms with van der Waals surface area (Å²) in [6.45, 7) is 5.36. The highest BCUT2D eigenvalue weighted by molar-refractivity contribution is 6.08. The maximum absolute atomic E-state index is 13.5. The first kappa shape index (κ1) is 22.6. The first-order chi connectivity index (χ1) is 16.4. The molecule has 0 aliphatic heterocycles. The third-order valence-corrected chi connectivity index (χ3v) is 5.34. The summed E-state index contributed by atoms with van der Waals surface area (Å²) in [5, 5.41) is 12.0. The first-order valence-electron chi connectivity index (χ1n) is 10.5. The number of benzene rings is 2. The lowest BCUT2D eigenvalue weighted by atomic mass is 9.97. The van der Waals surface area contributed by atoms with E-state index in [-0.39, 0.29) is 11.4 Å². The van der Waals surface area contributed by atoms with Gasteiger partial charge in [0.1, 0.15) is 5.56 Å². The lowest BCUT2D eigenvalue weighted by Crippen LogP contribution is -2.16. The van der Waals surface area contributed by atoms with Gasteiger partial charge in [-0.25, -0.2) is 9.97 Å². The van der Waals surface area contributed by atoms with Gasteiger partial charge in [-0.15, -0.1) is 0 Å². The van der Waals surface area contributed by atoms with Gasteiger partial charge in [-0.1, -0.05) is 24.3 Å². The number of carbonyl (C=O) groups excluding carboxylic acids is 1. The molecule has 34 heavy (non-hydrogen) atoms. The Kier molecular flexibility index (Phi) is 6.33. The molecule has 0 unspecified atom stereocenters. The number of amides is 1. The van der Waals surface area contributed by atoms with E-state index in [0.29, 0.717) is 28.3 Å². The Hall–Kier alpha value is -4.57. The van der Waals surface area contributed by atoms with Crippen LogP contribution in [0.4, 0.5) is 10.1 Å². The van der Waals surface area contributed by atoms with Crippen molar-refractivity contribution >= 4 is 11.6 Å². The second-order valence-corrected chi connectivity index (χ2v) is 7.81. The van der Waals surface area contributed by atoms with Gasteiger partial charge in [0.15, 0.2) is 5.75 Å². The molecule has 0 saturated heterocycles. The van der Waals surface area contributed by atoms with Crippen molar-refractivity contribution in [1.29, 1.82) is 5.26 Å². The number of rotatable bonds is 5. The second-order valence-electron chi connectivity index (χ2n) is 7.81. The van der Waals surface area contributed by atoms with Crippen LogP contribution in [0.1, 0.15) is 32.7 Å². The van der Waals surface area contributed by atoms with E-state index < -0.39 is 11.9 Å². The normalized spacial score (nSPS) is 10.4. The summed E-state index contributed by atoms with van der Waals surface area (Å²) in [6.07, 6.45) is 1.61. The van der Waals surface area contributed by atoms with Crippen LogP contribution < -0.4 is 10.1 Å². The Bertz CT molecular complexity index is 1430. The SMILES string of the molecule is Cc1cccc(NC(=O)c2c(Oc3ccc(F)nc3C)ncc(-c3ccc(C#N)cc3)c2C)c1. The molecule has 0 atom stereocenters. The molecular weight excluding hydrogens is 431 g/mol. The van der Waals surface area contributed by atoms with E-state index in [1.54, 1.807) is 43.5 Å². The number of hydrogen-bond donors (Lipinski definition) is 1. The molecule has 1 amide bonds. The van der Waals surface area contributed by atoms with Crippen LogP contribution in [0.5, 0.6) is 11.6 Å². The van der Waals surface area contributed by atoms with E-state index in [9.17, 15) is 9.18 Å². The smallest absolute Gasteiger partial charge is 0.261 e. The van der Waals surface area contributed by atoms with Crippen molar-refractivity contribution < 1.29 is 13.9 Å². The van der Waals surface area contributed by atoms with Gasteiger partial charge < -0.3 is 10.1 Å². The molecular formula is C27H21FN4O2. The van der Waals surface area contributed by atoms with Gasteiger partial charge in [0.05, 0.1) is 17.3 Å². The van der Waals surface area contributed by atoms with Gasteiger partial charge in [-0.05, 0) is 73.9 Å². The number of hydrogen-bond acceptors (Lipinski definition) is 5. The number of nitrogens with zero attached hydrogens (tertiary/aromatic N) is 3. The molecule has 0 spiro atoms. The zero-order valence-corrected chi connectivity index (χ0v) is 18.9. The predicted molar refractivity (Wildman–Crippen MR) is 127 cm³/mol. The van der Waals surface area contributed by atoms with Crippen LogP contribution in [-0.4, -0.2) is 15.9 Å². The van der Waals surface area contributed by atoms with Crippen LogP contribution in [0.2, 0.25) is 0 Å². The fraction of sp³-hybridized carbons (Fsp3) is 0.111. The van der Waals surface area contributed by atoms with Crippen molar-refractivity contribution in [2.75, 3.05) is 5.32 Å². The number of halogens is 1. The molecule has 4 rings (SSSR count). The molecule has 1 N–H and O–H groups in total. The largest absolute Gasteiger partial charge is 0.436 e. The van der Waals surface area contributed by atoms with Crippen LogP contribution >= 0.6 is 0 Å². The van der Waals surface area contributed by atoms with Crippen LogP contribution in [0.3, 0.4) is 0 Å². The molecule has 2 aromatic carbocycles. The fourth-order valence-electron chi connectivity index (χ4n) is 3.59. The van der Waals surface area contributed by atoms with E-state index in [1.807, 2.05) is 32.0 Å². The maximum Gasteiger partial charge on any atom is 0.261 e. The summed E-state index contributed by atoms with van der Waals surface area (Å²) in [6, 6.07) is 19.2. The van der Waals surface area contributed by atoms with Crippen molar-refractivity contribution in [3.8, 4) is 28.8 Å². The molecule has 4 aromatic rings. The van der Waals surface area contributed by atoms with Crippen molar-refractivity contribution in [2.24, 2.45) is 0 Å². The van der Waals surface area contributed by atoms with Gasteiger partial charge in [-0.2, -0.15) is 9.65 Å². The minimum absolute atomic E-state index is 0.0801. The zero-order chi connectivity index (χ0) is 24.2. The molecule has 0 saturated carbocycles. The minimum atomic E-state index is -0.623. The number of carbonyl (C=O) groups is 1. The monoisotopic (exact) mass is 452 g/mol. The van der Waals surface area contributed by atoms with E-state index in [0.717, 1.165) is 16.7 Å². The predicted octanol–water partition coefficient (Wildman–Crippen LogP) is 6.12. The lowest BCUT2D eigenvalue weighted by molar-refractivity contribution is 0.102. The Morgan fingerprint density at radius 2 is 1.82 bits per heavy atom. The van der Waals surface area contributed by atoms with Crippen LogP contribution in [-0.2, 0) is 0 Å². The topological polar surface area (TPSA) is 87.9 Å². The summed E-state index contributed by atoms with van der Waals surface area (Å²) in [4.78, 5) is 21.6. The quantitative estimate of drug-likeness (QED) is 0.368. The zero-order valence-electron chi connectivity index (χ0n) is 18.9. The number of aromatic nitrogens is 2. The number of nitriles is 1. The average molecular weight is 452 g/mol. The highest BCUT2D eigenvalue weighted by Crippen LogP contribution is 2.33. The van der Waals surface area contributed by atoms with Crippen molar-refractivity contribution in [2.45, 2.75) is 20.8 Å². The first-order valence-corrected chi connectivity index (χ1v) is 10.5. The van der Waals surface area contributed by atoms with Crippen LogP contribution in [0.15, 0.2) is 66.9 Å². The van der Waals surface area contributed by atoms with E-state index in [2.05, 4.69) is 21.4 Å². The van der Waals surface area contributed by atoms with Crippen molar-refractivity contribution in [3.63, 3.8) is 0 Å². The van der Waals surface area contributed by atoms with E-state index in [1.165, 1.54) is 12.1 Å². The summed E-state index contributed by atoms with van der Waals surface area (Å²) in [5.74, 6) is -0.642. The summed E-state index contributed by atoms with van der Waals surface area (Å²) >= 11 is 0. The summed E-state index contributed by atoms with van der Waals surface area (Å²) in [5.41, 5.74) is 4.92. The van der Waals surface area contributed by atoms with Gasteiger partial charge in [0.2, 0.25) is 11.8 Å². The lowest BCUT2D eigenvalue weighted by Gasteiger charge is -2.17. The van der Waals surface area contributed by atoms with Crippen LogP contribution in [0.25, 0.3) is 11.1 Å². The van der Waals surface area contributed by atoms with Gasteiger partial charge >= 0.3 is 0 Å².